The minimum Gasteiger partial charge on any atom is -1.00 e. The number of furan rings is 1. The maximum Gasteiger partial charge on any atom is 0.155 e. The van der Waals surface area contributed by atoms with E-state index >= 15 is 0 Å². The number of anilines is 1. The number of allylic oxidation sites excluding steroid dienone is 1. The van der Waals surface area contributed by atoms with Crippen molar-refractivity contribution in [1.29, 1.82) is 0 Å². The quantitative estimate of drug-likeness (QED) is 0.825. The first kappa shape index (κ1) is 18.5. The highest BCUT2D eigenvalue weighted by Gasteiger charge is 2.25. The highest BCUT2D eigenvalue weighted by molar-refractivity contribution is 6.38. The second-order valence-corrected chi connectivity index (χ2v) is 7.09. The third kappa shape index (κ3) is 3.80. The molecule has 126 valence electrons. The second-order valence-electron chi connectivity index (χ2n) is 6.25. The molecule has 0 saturated carbocycles. The molecule has 1 aliphatic heterocycles. The largest absolute Gasteiger partial charge is 1.00 e. The molecule has 0 bridgehead atoms. The Hall–Kier alpha value is -0.870. The van der Waals surface area contributed by atoms with Crippen molar-refractivity contribution in [3.63, 3.8) is 0 Å². The van der Waals surface area contributed by atoms with Gasteiger partial charge in [0.25, 0.3) is 0 Å². The van der Waals surface area contributed by atoms with Gasteiger partial charge in [0.05, 0.1) is 43.9 Å². The molecule has 0 spiro atoms. The molecular weight excluding hydrogens is 355 g/mol. The van der Waals surface area contributed by atoms with E-state index in [1.807, 2.05) is 6.07 Å². The summed E-state index contributed by atoms with van der Waals surface area (Å²) in [6, 6.07) is 3.69. The third-order valence-corrected chi connectivity index (χ3v) is 4.56. The van der Waals surface area contributed by atoms with Crippen LogP contribution in [-0.2, 0) is 0 Å². The van der Waals surface area contributed by atoms with Crippen LogP contribution in [0.15, 0.2) is 22.1 Å². The lowest BCUT2D eigenvalue weighted by atomic mass is 10.1. The van der Waals surface area contributed by atoms with E-state index < -0.39 is 0 Å². The number of piperazine rings is 1. The van der Waals surface area contributed by atoms with E-state index in [4.69, 9.17) is 27.6 Å². The Balaban J connectivity index is 0.00000192. The number of hydrogen-bond donors (Lipinski definition) is 1. The predicted octanol–water partition coefficient (Wildman–Crippen LogP) is 0.502. The zero-order valence-electron chi connectivity index (χ0n) is 13.5. The van der Waals surface area contributed by atoms with Gasteiger partial charge >= 0.3 is 0 Å². The molecule has 1 N–H and O–H groups in total. The highest BCUT2D eigenvalue weighted by Crippen LogP contribution is 2.40. The molecule has 0 unspecified atom stereocenters. The van der Waals surface area contributed by atoms with Gasteiger partial charge in [0, 0.05) is 10.4 Å². The van der Waals surface area contributed by atoms with E-state index in [-0.39, 0.29) is 12.4 Å². The smallest absolute Gasteiger partial charge is 0.155 e. The van der Waals surface area contributed by atoms with Crippen molar-refractivity contribution < 1.29 is 21.7 Å². The SMILES string of the molecule is CC(C)=Cc1oc2c(Cl)cc(Cl)cc2c1N1CC[NH+](C)CC1.[Cl-]. The molecule has 1 aromatic carbocycles. The third-order valence-electron chi connectivity index (χ3n) is 4.06. The molecule has 1 fully saturated rings. The fourth-order valence-electron chi connectivity index (χ4n) is 2.93. The van der Waals surface area contributed by atoms with Crippen LogP contribution in [0, 0.1) is 0 Å². The van der Waals surface area contributed by atoms with E-state index in [0.29, 0.717) is 10.0 Å². The monoisotopic (exact) mass is 374 g/mol. The normalized spacial score (nSPS) is 15.6. The van der Waals surface area contributed by atoms with Gasteiger partial charge in [-0.15, -0.1) is 0 Å². The number of likely N-dealkylation sites (N-methyl/N-ethyl adjacent to an activating group) is 1. The number of nitrogens with one attached hydrogen (secondary N) is 1. The molecule has 3 rings (SSSR count). The summed E-state index contributed by atoms with van der Waals surface area (Å²) in [5.41, 5.74) is 3.04. The summed E-state index contributed by atoms with van der Waals surface area (Å²) in [6.07, 6.45) is 2.07. The van der Waals surface area contributed by atoms with E-state index in [1.54, 1.807) is 11.0 Å². The minimum absolute atomic E-state index is 0. The van der Waals surface area contributed by atoms with Gasteiger partial charge < -0.3 is 26.6 Å². The summed E-state index contributed by atoms with van der Waals surface area (Å²) >= 11 is 12.5. The maximum absolute atomic E-state index is 6.32. The number of halogens is 3. The van der Waals surface area contributed by atoms with Crippen molar-refractivity contribution in [2.75, 3.05) is 38.1 Å². The molecule has 0 radical (unpaired) electrons. The summed E-state index contributed by atoms with van der Waals surface area (Å²) in [5.74, 6) is 0.874. The summed E-state index contributed by atoms with van der Waals surface area (Å²) in [4.78, 5) is 3.95. The van der Waals surface area contributed by atoms with Crippen molar-refractivity contribution in [2.24, 2.45) is 0 Å². The van der Waals surface area contributed by atoms with Gasteiger partial charge in [-0.25, -0.2) is 0 Å². The van der Waals surface area contributed by atoms with E-state index in [2.05, 4.69) is 31.9 Å². The standard InChI is InChI=1S/C17H20Cl2N2O.ClH/c1-11(2)8-15-16(21-6-4-20(3)5-7-21)13-9-12(18)10-14(19)17(13)22-15;/h8-10H,4-7H2,1-3H3;1H. The molecule has 0 aliphatic carbocycles. The van der Waals surface area contributed by atoms with Crippen LogP contribution in [0.3, 0.4) is 0 Å². The molecule has 23 heavy (non-hydrogen) atoms. The average molecular weight is 376 g/mol. The molecule has 0 atom stereocenters. The number of hydrogen-bond acceptors (Lipinski definition) is 2. The number of quaternary nitrogens is 1. The first-order chi connectivity index (χ1) is 10.5. The summed E-state index contributed by atoms with van der Waals surface area (Å²) < 4.78 is 6.06. The zero-order chi connectivity index (χ0) is 15.9. The number of nitrogens with zero attached hydrogens (tertiary/aromatic N) is 1. The maximum atomic E-state index is 6.32. The fourth-order valence-corrected chi connectivity index (χ4v) is 3.46. The van der Waals surface area contributed by atoms with E-state index in [9.17, 15) is 0 Å². The first-order valence-corrected chi connectivity index (χ1v) is 8.34. The van der Waals surface area contributed by atoms with Gasteiger partial charge in [0.15, 0.2) is 11.3 Å². The summed E-state index contributed by atoms with van der Waals surface area (Å²) in [5, 5.41) is 2.21. The molecule has 2 aromatic rings. The molecule has 1 saturated heterocycles. The number of rotatable bonds is 2. The van der Waals surface area contributed by atoms with Crippen LogP contribution in [0.5, 0.6) is 0 Å². The lowest BCUT2D eigenvalue weighted by Crippen LogP contribution is -3.12. The van der Waals surface area contributed by atoms with Crippen LogP contribution in [0.2, 0.25) is 10.0 Å². The van der Waals surface area contributed by atoms with E-state index in [0.717, 1.165) is 48.6 Å². The highest BCUT2D eigenvalue weighted by atomic mass is 35.5. The van der Waals surface area contributed by atoms with Gasteiger partial charge in [-0.1, -0.05) is 28.8 Å². The van der Waals surface area contributed by atoms with Crippen LogP contribution in [0.4, 0.5) is 5.69 Å². The van der Waals surface area contributed by atoms with Crippen LogP contribution in [0.1, 0.15) is 19.6 Å². The zero-order valence-corrected chi connectivity index (χ0v) is 15.8. The molecular formula is C17H21Cl3N2O. The second kappa shape index (κ2) is 7.35. The Bertz CT molecular complexity index is 727. The topological polar surface area (TPSA) is 20.8 Å². The van der Waals surface area contributed by atoms with Gasteiger partial charge in [0.2, 0.25) is 0 Å². The Labute approximate surface area is 153 Å². The molecule has 0 amide bonds. The average Bonchev–Trinajstić information content (AvgIpc) is 2.77. The van der Waals surface area contributed by atoms with E-state index in [1.165, 1.54) is 5.57 Å². The van der Waals surface area contributed by atoms with Gasteiger partial charge in [-0.2, -0.15) is 0 Å². The van der Waals surface area contributed by atoms with Gasteiger partial charge in [-0.05, 0) is 32.1 Å². The molecule has 2 heterocycles. The van der Waals surface area contributed by atoms with Crippen LogP contribution >= 0.6 is 23.2 Å². The number of fused-ring (bicyclic) bond motifs is 1. The first-order valence-electron chi connectivity index (χ1n) is 7.58. The van der Waals surface area contributed by atoms with Gasteiger partial charge in [0.1, 0.15) is 0 Å². The predicted molar refractivity (Wildman–Crippen MR) is 94.4 cm³/mol. The Morgan fingerprint density at radius 3 is 2.48 bits per heavy atom. The molecule has 3 nitrogen and oxygen atoms in total. The lowest BCUT2D eigenvalue weighted by Gasteiger charge is -2.31. The van der Waals surface area contributed by atoms with Gasteiger partial charge in [-0.3, -0.25) is 0 Å². The summed E-state index contributed by atoms with van der Waals surface area (Å²) in [7, 11) is 2.23. The van der Waals surface area contributed by atoms with Crippen molar-refractivity contribution in [1.82, 2.24) is 0 Å². The molecule has 1 aromatic heterocycles. The number of benzene rings is 1. The van der Waals surface area contributed by atoms with Crippen molar-refractivity contribution >= 4 is 45.9 Å². The van der Waals surface area contributed by atoms with Crippen molar-refractivity contribution in [2.45, 2.75) is 13.8 Å². The lowest BCUT2D eigenvalue weighted by molar-refractivity contribution is -0.880. The van der Waals surface area contributed by atoms with Crippen LogP contribution in [0.25, 0.3) is 17.0 Å². The Kier molecular flexibility index (Phi) is 5.90. The van der Waals surface area contributed by atoms with Crippen molar-refractivity contribution in [3.8, 4) is 0 Å². The van der Waals surface area contributed by atoms with Crippen LogP contribution in [-0.4, -0.2) is 33.2 Å². The fraction of sp³-hybridized carbons (Fsp3) is 0.412. The Morgan fingerprint density at radius 1 is 1.22 bits per heavy atom. The van der Waals surface area contributed by atoms with Crippen LogP contribution < -0.4 is 22.2 Å². The van der Waals surface area contributed by atoms with Crippen molar-refractivity contribution in [3.05, 3.63) is 33.5 Å². The summed E-state index contributed by atoms with van der Waals surface area (Å²) in [6.45, 7) is 8.40. The molecule has 1 aliphatic rings. The minimum atomic E-state index is 0. The molecule has 6 heteroatoms. The Morgan fingerprint density at radius 2 is 1.87 bits per heavy atom.